The summed E-state index contributed by atoms with van der Waals surface area (Å²) in [6.45, 7) is 3.30. The molecule has 0 amide bonds. The molecule has 2 heterocycles. The fourth-order valence-corrected chi connectivity index (χ4v) is 2.61. The third-order valence-electron chi connectivity index (χ3n) is 2.15. The van der Waals surface area contributed by atoms with E-state index in [0.29, 0.717) is 5.60 Å². The van der Waals surface area contributed by atoms with Gasteiger partial charge in [0.1, 0.15) is 5.60 Å². The Morgan fingerprint density at radius 2 is 2.50 bits per heavy atom. The van der Waals surface area contributed by atoms with Crippen molar-refractivity contribution in [2.24, 2.45) is 0 Å². The average molecular weight is 130 g/mol. The Labute approximate surface area is 53.8 Å². The number of hydrogen-bond donors (Lipinski definition) is 0. The molecule has 2 saturated heterocycles. The van der Waals surface area contributed by atoms with E-state index in [4.69, 9.17) is 4.74 Å². The third-order valence-corrected chi connectivity index (χ3v) is 3.52. The minimum Gasteiger partial charge on any atom is -0.368 e. The number of epoxide rings is 1. The summed E-state index contributed by atoms with van der Waals surface area (Å²) in [6, 6.07) is 0. The van der Waals surface area contributed by atoms with E-state index in [-0.39, 0.29) is 0 Å². The van der Waals surface area contributed by atoms with Crippen LogP contribution in [0.4, 0.5) is 0 Å². The maximum atomic E-state index is 5.35. The molecule has 0 aromatic carbocycles. The summed E-state index contributed by atoms with van der Waals surface area (Å²) in [5.74, 6) is 1.31. The van der Waals surface area contributed by atoms with E-state index in [1.807, 2.05) is 11.8 Å². The van der Waals surface area contributed by atoms with Gasteiger partial charge in [-0.15, -0.1) is 0 Å². The highest BCUT2D eigenvalue weighted by Gasteiger charge is 2.52. The summed E-state index contributed by atoms with van der Waals surface area (Å²) in [6.07, 6.45) is 1.29. The number of ether oxygens (including phenoxy) is 1. The smallest absolute Gasteiger partial charge is 0.104 e. The van der Waals surface area contributed by atoms with Crippen LogP contribution in [0.25, 0.3) is 0 Å². The largest absolute Gasteiger partial charge is 0.368 e. The molecule has 0 aromatic rings. The monoisotopic (exact) mass is 130 g/mol. The van der Waals surface area contributed by atoms with Crippen molar-refractivity contribution in [1.29, 1.82) is 0 Å². The molecule has 2 aliphatic heterocycles. The highest BCUT2D eigenvalue weighted by atomic mass is 32.2. The van der Waals surface area contributed by atoms with Gasteiger partial charge in [0.2, 0.25) is 0 Å². The molecule has 1 nitrogen and oxygen atoms in total. The Balaban J connectivity index is 2.12. The molecule has 2 heteroatoms. The van der Waals surface area contributed by atoms with Crippen LogP contribution in [0.2, 0.25) is 0 Å². The molecule has 0 N–H and O–H groups in total. The Hall–Kier alpha value is 0.310. The predicted octanol–water partition coefficient (Wildman–Crippen LogP) is 1.28. The van der Waals surface area contributed by atoms with Crippen LogP contribution >= 0.6 is 11.8 Å². The topological polar surface area (TPSA) is 12.5 Å². The van der Waals surface area contributed by atoms with Gasteiger partial charge in [0.15, 0.2) is 0 Å². The second-order valence-corrected chi connectivity index (χ2v) is 4.07. The first-order valence-electron chi connectivity index (χ1n) is 3.09. The maximum Gasteiger partial charge on any atom is 0.104 e. The third kappa shape index (κ3) is 0.531. The fraction of sp³-hybridized carbons (Fsp3) is 1.00. The van der Waals surface area contributed by atoms with Crippen LogP contribution in [-0.2, 0) is 4.74 Å². The van der Waals surface area contributed by atoms with E-state index in [9.17, 15) is 0 Å². The maximum absolute atomic E-state index is 5.35. The van der Waals surface area contributed by atoms with Gasteiger partial charge in [-0.05, 0) is 12.2 Å². The molecule has 1 spiro atoms. The standard InChI is InChI=1S/C6H10OS/c1-5-6(4-7-6)2-3-8-5/h5H,2-4H2,1H3. The van der Waals surface area contributed by atoms with Gasteiger partial charge >= 0.3 is 0 Å². The summed E-state index contributed by atoms with van der Waals surface area (Å²) in [7, 11) is 0. The molecular formula is C6H10OS. The van der Waals surface area contributed by atoms with Crippen LogP contribution in [0, 0.1) is 0 Å². The lowest BCUT2D eigenvalue weighted by molar-refractivity contribution is 0.305. The molecule has 2 aliphatic rings. The lowest BCUT2D eigenvalue weighted by Crippen LogP contribution is -2.17. The van der Waals surface area contributed by atoms with Gasteiger partial charge in [-0.2, -0.15) is 11.8 Å². The van der Waals surface area contributed by atoms with E-state index in [1.54, 1.807) is 0 Å². The van der Waals surface area contributed by atoms with Gasteiger partial charge in [-0.25, -0.2) is 0 Å². The molecule has 2 fully saturated rings. The van der Waals surface area contributed by atoms with Crippen LogP contribution < -0.4 is 0 Å². The molecule has 0 aliphatic carbocycles. The average Bonchev–Trinajstić information content (AvgIpc) is 2.39. The molecule has 0 aromatic heterocycles. The van der Waals surface area contributed by atoms with Crippen molar-refractivity contribution in [2.45, 2.75) is 24.2 Å². The second kappa shape index (κ2) is 1.42. The highest BCUT2D eigenvalue weighted by Crippen LogP contribution is 2.46. The minimum absolute atomic E-state index is 0.366. The molecule has 2 atom stereocenters. The first-order chi connectivity index (χ1) is 3.83. The van der Waals surface area contributed by atoms with Gasteiger partial charge in [0.25, 0.3) is 0 Å². The number of hydrogen-bond acceptors (Lipinski definition) is 2. The van der Waals surface area contributed by atoms with E-state index in [0.717, 1.165) is 11.9 Å². The van der Waals surface area contributed by atoms with Crippen molar-refractivity contribution >= 4 is 11.8 Å². The van der Waals surface area contributed by atoms with Gasteiger partial charge < -0.3 is 4.74 Å². The Bertz CT molecular complexity index is 109. The number of thioether (sulfide) groups is 1. The van der Waals surface area contributed by atoms with Crippen molar-refractivity contribution in [2.75, 3.05) is 12.4 Å². The van der Waals surface area contributed by atoms with Crippen molar-refractivity contribution in [3.63, 3.8) is 0 Å². The molecular weight excluding hydrogens is 120 g/mol. The van der Waals surface area contributed by atoms with E-state index in [2.05, 4.69) is 6.92 Å². The van der Waals surface area contributed by atoms with E-state index < -0.39 is 0 Å². The SMILES string of the molecule is CC1SCCC12CO2. The summed E-state index contributed by atoms with van der Waals surface area (Å²) < 4.78 is 5.35. The summed E-state index contributed by atoms with van der Waals surface area (Å²) in [5.41, 5.74) is 0.366. The molecule has 2 rings (SSSR count). The van der Waals surface area contributed by atoms with Crippen molar-refractivity contribution in [3.8, 4) is 0 Å². The lowest BCUT2D eigenvalue weighted by atomic mass is 10.1. The lowest BCUT2D eigenvalue weighted by Gasteiger charge is -2.04. The minimum atomic E-state index is 0.366. The zero-order valence-electron chi connectivity index (χ0n) is 5.02. The predicted molar refractivity (Wildman–Crippen MR) is 35.2 cm³/mol. The van der Waals surface area contributed by atoms with Crippen molar-refractivity contribution in [1.82, 2.24) is 0 Å². The zero-order valence-corrected chi connectivity index (χ0v) is 5.83. The van der Waals surface area contributed by atoms with Crippen LogP contribution in [0.3, 0.4) is 0 Å². The Kier molecular flexibility index (Phi) is 0.910. The van der Waals surface area contributed by atoms with Gasteiger partial charge in [-0.3, -0.25) is 0 Å². The molecule has 46 valence electrons. The van der Waals surface area contributed by atoms with Crippen LogP contribution in [0.5, 0.6) is 0 Å². The first-order valence-corrected chi connectivity index (χ1v) is 4.14. The van der Waals surface area contributed by atoms with E-state index in [1.165, 1.54) is 12.2 Å². The van der Waals surface area contributed by atoms with Crippen molar-refractivity contribution < 1.29 is 4.74 Å². The van der Waals surface area contributed by atoms with Crippen LogP contribution in [-0.4, -0.2) is 23.2 Å². The van der Waals surface area contributed by atoms with Crippen LogP contribution in [0.1, 0.15) is 13.3 Å². The molecule has 0 radical (unpaired) electrons. The summed E-state index contributed by atoms with van der Waals surface area (Å²) in [4.78, 5) is 0. The quantitative estimate of drug-likeness (QED) is 0.458. The fourth-order valence-electron chi connectivity index (χ4n) is 1.24. The van der Waals surface area contributed by atoms with Crippen molar-refractivity contribution in [3.05, 3.63) is 0 Å². The highest BCUT2D eigenvalue weighted by molar-refractivity contribution is 8.00. The zero-order chi connectivity index (χ0) is 5.61. The Morgan fingerprint density at radius 3 is 2.75 bits per heavy atom. The molecule has 0 bridgehead atoms. The second-order valence-electron chi connectivity index (χ2n) is 2.62. The molecule has 8 heavy (non-hydrogen) atoms. The number of rotatable bonds is 0. The van der Waals surface area contributed by atoms with Gasteiger partial charge in [0, 0.05) is 5.25 Å². The van der Waals surface area contributed by atoms with Crippen LogP contribution in [0.15, 0.2) is 0 Å². The molecule has 2 unspecified atom stereocenters. The first kappa shape index (κ1) is 5.12. The molecule has 0 saturated carbocycles. The normalized spacial score (nSPS) is 52.9. The van der Waals surface area contributed by atoms with Gasteiger partial charge in [-0.1, -0.05) is 6.92 Å². The van der Waals surface area contributed by atoms with Gasteiger partial charge in [0.05, 0.1) is 6.61 Å². The van der Waals surface area contributed by atoms with E-state index >= 15 is 0 Å². The summed E-state index contributed by atoms with van der Waals surface area (Å²) >= 11 is 2.04. The summed E-state index contributed by atoms with van der Waals surface area (Å²) in [5, 5.41) is 0.766. The Morgan fingerprint density at radius 1 is 1.75 bits per heavy atom.